The molecule has 1 amide bonds. The second-order valence-electron chi connectivity index (χ2n) is 3.76. The number of piperazine rings is 1. The molecule has 82 valence electrons. The molecule has 1 N–H and O–H groups in total. The number of carbonyl (C=O) groups is 1. The number of carbonyl (C=O) groups excluding carboxylic acids is 1. The van der Waals surface area contributed by atoms with Gasteiger partial charge >= 0.3 is 0 Å². The zero-order valence-electron chi connectivity index (χ0n) is 8.80. The molecule has 0 bridgehead atoms. The van der Waals surface area contributed by atoms with Crippen molar-refractivity contribution in [3.05, 3.63) is 11.1 Å². The van der Waals surface area contributed by atoms with Crippen molar-refractivity contribution in [3.8, 4) is 0 Å². The lowest BCUT2D eigenvalue weighted by atomic mass is 10.1. The summed E-state index contributed by atoms with van der Waals surface area (Å²) < 4.78 is 3.71. The van der Waals surface area contributed by atoms with Crippen LogP contribution in [0.5, 0.6) is 0 Å². The normalized spacial score (nSPS) is 26.7. The van der Waals surface area contributed by atoms with E-state index in [0.717, 1.165) is 24.6 Å². The van der Waals surface area contributed by atoms with Gasteiger partial charge in [0, 0.05) is 25.2 Å². The Bertz CT molecular complexity index is 340. The molecule has 0 radical (unpaired) electrons. The number of hydrogen-bond acceptors (Lipinski definition) is 5. The summed E-state index contributed by atoms with van der Waals surface area (Å²) in [6.45, 7) is 5.75. The first-order valence-electron chi connectivity index (χ1n) is 5.02. The van der Waals surface area contributed by atoms with Gasteiger partial charge in [-0.2, -0.15) is 0 Å². The van der Waals surface area contributed by atoms with E-state index in [4.69, 9.17) is 0 Å². The van der Waals surface area contributed by atoms with Crippen LogP contribution in [0.3, 0.4) is 0 Å². The van der Waals surface area contributed by atoms with Crippen molar-refractivity contribution < 1.29 is 4.79 Å². The average Bonchev–Trinajstić information content (AvgIpc) is 2.74. The Morgan fingerprint density at radius 1 is 1.67 bits per heavy atom. The molecular weight excluding hydrogens is 212 g/mol. The zero-order valence-corrected chi connectivity index (χ0v) is 9.62. The maximum absolute atomic E-state index is 12.0. The van der Waals surface area contributed by atoms with E-state index in [1.54, 1.807) is 0 Å². The molecule has 2 heterocycles. The lowest BCUT2D eigenvalue weighted by Crippen LogP contribution is -2.57. The van der Waals surface area contributed by atoms with Gasteiger partial charge in [0.15, 0.2) is 0 Å². The second-order valence-corrected chi connectivity index (χ2v) is 4.55. The number of nitrogens with zero attached hydrogens (tertiary/aromatic N) is 3. The number of amides is 1. The molecule has 2 atom stereocenters. The van der Waals surface area contributed by atoms with Gasteiger partial charge in [-0.05, 0) is 25.4 Å². The van der Waals surface area contributed by atoms with E-state index >= 15 is 0 Å². The molecule has 1 saturated heterocycles. The molecule has 1 aliphatic rings. The minimum Gasteiger partial charge on any atom is -0.332 e. The first-order valence-corrected chi connectivity index (χ1v) is 5.79. The highest BCUT2D eigenvalue weighted by Crippen LogP contribution is 2.14. The lowest BCUT2D eigenvalue weighted by molar-refractivity contribution is 0.0607. The van der Waals surface area contributed by atoms with Crippen molar-refractivity contribution >= 4 is 17.4 Å². The molecule has 5 nitrogen and oxygen atoms in total. The topological polar surface area (TPSA) is 58.1 Å². The Morgan fingerprint density at radius 3 is 3.13 bits per heavy atom. The standard InChI is InChI=1S/C9H14N4OS/c1-6-7(2)13(4-3-10-6)9(14)8-5-11-12-15-8/h5-7,10H,3-4H2,1-2H3. The molecular formula is C9H14N4OS. The highest BCUT2D eigenvalue weighted by atomic mass is 32.1. The van der Waals surface area contributed by atoms with E-state index in [-0.39, 0.29) is 11.9 Å². The Hall–Kier alpha value is -1.01. The Morgan fingerprint density at radius 2 is 2.47 bits per heavy atom. The van der Waals surface area contributed by atoms with Gasteiger partial charge in [0.1, 0.15) is 4.88 Å². The van der Waals surface area contributed by atoms with Crippen molar-refractivity contribution in [2.24, 2.45) is 0 Å². The molecule has 0 spiro atoms. The van der Waals surface area contributed by atoms with Gasteiger partial charge in [-0.15, -0.1) is 5.10 Å². The van der Waals surface area contributed by atoms with Gasteiger partial charge < -0.3 is 10.2 Å². The molecule has 2 rings (SSSR count). The fraction of sp³-hybridized carbons (Fsp3) is 0.667. The van der Waals surface area contributed by atoms with Crippen molar-refractivity contribution in [1.29, 1.82) is 0 Å². The molecule has 6 heteroatoms. The highest BCUT2D eigenvalue weighted by Gasteiger charge is 2.29. The van der Waals surface area contributed by atoms with Gasteiger partial charge in [-0.25, -0.2) is 0 Å². The summed E-state index contributed by atoms with van der Waals surface area (Å²) >= 11 is 1.16. The second kappa shape index (κ2) is 4.24. The fourth-order valence-corrected chi connectivity index (χ4v) is 2.22. The fourth-order valence-electron chi connectivity index (χ4n) is 1.75. The monoisotopic (exact) mass is 226 g/mol. The summed E-state index contributed by atoms with van der Waals surface area (Å²) in [4.78, 5) is 14.6. The first kappa shape index (κ1) is 10.5. The summed E-state index contributed by atoms with van der Waals surface area (Å²) in [6.07, 6.45) is 1.53. The van der Waals surface area contributed by atoms with Gasteiger partial charge in [0.05, 0.1) is 6.20 Å². The maximum Gasteiger partial charge on any atom is 0.267 e. The van der Waals surface area contributed by atoms with E-state index in [1.807, 2.05) is 4.90 Å². The minimum atomic E-state index is 0.0471. The highest BCUT2D eigenvalue weighted by molar-refractivity contribution is 7.07. The first-order chi connectivity index (χ1) is 7.20. The van der Waals surface area contributed by atoms with Crippen LogP contribution >= 0.6 is 11.5 Å². The van der Waals surface area contributed by atoms with Gasteiger partial charge in [-0.3, -0.25) is 4.79 Å². The molecule has 1 aliphatic heterocycles. The number of aromatic nitrogens is 2. The van der Waals surface area contributed by atoms with Crippen LogP contribution in [0.1, 0.15) is 23.5 Å². The SMILES string of the molecule is CC1NCCN(C(=O)c2cnns2)C1C. The lowest BCUT2D eigenvalue weighted by Gasteiger charge is -2.38. The molecule has 2 unspecified atom stereocenters. The van der Waals surface area contributed by atoms with Crippen LogP contribution in [0, 0.1) is 0 Å². The molecule has 0 saturated carbocycles. The van der Waals surface area contributed by atoms with Crippen LogP contribution in [0.15, 0.2) is 6.20 Å². The van der Waals surface area contributed by atoms with Crippen molar-refractivity contribution in [2.45, 2.75) is 25.9 Å². The molecule has 0 aliphatic carbocycles. The van der Waals surface area contributed by atoms with Gasteiger partial charge in [-0.1, -0.05) is 4.49 Å². The van der Waals surface area contributed by atoms with Crippen LogP contribution in [0.25, 0.3) is 0 Å². The van der Waals surface area contributed by atoms with E-state index in [1.165, 1.54) is 6.20 Å². The largest absolute Gasteiger partial charge is 0.332 e. The molecule has 1 aromatic heterocycles. The summed E-state index contributed by atoms with van der Waals surface area (Å²) in [6, 6.07) is 0.553. The van der Waals surface area contributed by atoms with E-state index in [0.29, 0.717) is 10.9 Å². The Labute approximate surface area is 92.6 Å². The smallest absolute Gasteiger partial charge is 0.267 e. The number of nitrogens with one attached hydrogen (secondary N) is 1. The zero-order chi connectivity index (χ0) is 10.8. The molecule has 1 fully saturated rings. The third-order valence-corrected chi connectivity index (χ3v) is 3.52. The molecule has 1 aromatic rings. The van der Waals surface area contributed by atoms with Crippen LogP contribution in [-0.4, -0.2) is 45.6 Å². The van der Waals surface area contributed by atoms with Crippen LogP contribution < -0.4 is 5.32 Å². The van der Waals surface area contributed by atoms with Crippen LogP contribution in [0.2, 0.25) is 0 Å². The van der Waals surface area contributed by atoms with Crippen molar-refractivity contribution in [1.82, 2.24) is 19.8 Å². The average molecular weight is 226 g/mol. The predicted octanol–water partition coefficient (Wildman–Crippen LogP) is 0.360. The number of rotatable bonds is 1. The summed E-state index contributed by atoms with van der Waals surface area (Å²) in [5.74, 6) is 0.0471. The summed E-state index contributed by atoms with van der Waals surface area (Å²) in [7, 11) is 0. The Balaban J connectivity index is 2.13. The quantitative estimate of drug-likeness (QED) is 0.751. The van der Waals surface area contributed by atoms with Crippen molar-refractivity contribution in [3.63, 3.8) is 0 Å². The van der Waals surface area contributed by atoms with Gasteiger partial charge in [0.2, 0.25) is 0 Å². The van der Waals surface area contributed by atoms with Crippen LogP contribution in [-0.2, 0) is 0 Å². The van der Waals surface area contributed by atoms with E-state index in [2.05, 4.69) is 28.8 Å². The summed E-state index contributed by atoms with van der Waals surface area (Å²) in [5.41, 5.74) is 0. The molecule has 0 aromatic carbocycles. The maximum atomic E-state index is 12.0. The number of hydrogen-bond donors (Lipinski definition) is 1. The molecule has 15 heavy (non-hydrogen) atoms. The predicted molar refractivity (Wildman–Crippen MR) is 57.9 cm³/mol. The Kier molecular flexibility index (Phi) is 2.97. The minimum absolute atomic E-state index is 0.0471. The van der Waals surface area contributed by atoms with Crippen molar-refractivity contribution in [2.75, 3.05) is 13.1 Å². The third kappa shape index (κ3) is 2.00. The van der Waals surface area contributed by atoms with E-state index in [9.17, 15) is 4.79 Å². The third-order valence-electron chi connectivity index (χ3n) is 2.87. The van der Waals surface area contributed by atoms with Crippen LogP contribution in [0.4, 0.5) is 0 Å². The van der Waals surface area contributed by atoms with Gasteiger partial charge in [0.25, 0.3) is 5.91 Å². The van der Waals surface area contributed by atoms with E-state index < -0.39 is 0 Å². The summed E-state index contributed by atoms with van der Waals surface area (Å²) in [5, 5.41) is 7.03.